The third-order valence-electron chi connectivity index (χ3n) is 6.07. The minimum Gasteiger partial charge on any atom is -0.388 e. The van der Waals surface area contributed by atoms with E-state index in [0.717, 1.165) is 36.2 Å². The first kappa shape index (κ1) is 21.4. The molecule has 0 radical (unpaired) electrons. The first-order valence-electron chi connectivity index (χ1n) is 10.9. The van der Waals surface area contributed by atoms with Gasteiger partial charge in [0.25, 0.3) is 0 Å². The van der Waals surface area contributed by atoms with Gasteiger partial charge in [-0.2, -0.15) is 0 Å². The molecule has 0 aliphatic carbocycles. The summed E-state index contributed by atoms with van der Waals surface area (Å²) < 4.78 is 0. The van der Waals surface area contributed by atoms with E-state index >= 15 is 0 Å². The molecule has 0 unspecified atom stereocenters. The molecule has 1 spiro atoms. The number of benzene rings is 2. The van der Waals surface area contributed by atoms with Crippen LogP contribution in [0, 0.1) is 6.92 Å². The molecule has 0 aromatic heterocycles. The van der Waals surface area contributed by atoms with Crippen molar-refractivity contribution in [2.24, 2.45) is 5.16 Å². The summed E-state index contributed by atoms with van der Waals surface area (Å²) >= 11 is 0. The first-order valence-corrected chi connectivity index (χ1v) is 10.9. The molecular weight excluding hydrogens is 390 g/mol. The van der Waals surface area contributed by atoms with Crippen molar-refractivity contribution in [2.45, 2.75) is 58.0 Å². The number of carbonyl (C=O) groups is 1. The Hall–Kier alpha value is -2.86. The second-order valence-electron chi connectivity index (χ2n) is 9.62. The quantitative estimate of drug-likeness (QED) is 0.719. The zero-order valence-electron chi connectivity index (χ0n) is 18.8. The van der Waals surface area contributed by atoms with Crippen LogP contribution in [0.15, 0.2) is 53.7 Å². The monoisotopic (exact) mass is 421 g/mol. The maximum Gasteiger partial charge on any atom is 0.430 e. The van der Waals surface area contributed by atoms with Gasteiger partial charge in [-0.1, -0.05) is 67.9 Å². The third kappa shape index (κ3) is 5.07. The van der Waals surface area contributed by atoms with Crippen LogP contribution < -0.4 is 5.32 Å². The number of nitrogens with one attached hydrogen (secondary N) is 1. The van der Waals surface area contributed by atoms with Crippen molar-refractivity contribution >= 4 is 17.5 Å². The van der Waals surface area contributed by atoms with Gasteiger partial charge in [-0.05, 0) is 35.6 Å². The Morgan fingerprint density at radius 2 is 1.71 bits per heavy atom. The van der Waals surface area contributed by atoms with E-state index in [4.69, 9.17) is 9.68 Å². The predicted molar refractivity (Wildman–Crippen MR) is 122 cm³/mol. The fraction of sp³-hybridized carbons (Fsp3) is 0.440. The second kappa shape index (κ2) is 8.35. The predicted octanol–water partition coefficient (Wildman–Crippen LogP) is 5.42. The molecule has 2 aromatic rings. The first-order chi connectivity index (χ1) is 14.7. The molecule has 164 valence electrons. The van der Waals surface area contributed by atoms with Crippen molar-refractivity contribution in [2.75, 3.05) is 18.4 Å². The third-order valence-corrected chi connectivity index (χ3v) is 6.07. The van der Waals surface area contributed by atoms with Gasteiger partial charge in [0.2, 0.25) is 0 Å². The van der Waals surface area contributed by atoms with Crippen molar-refractivity contribution in [1.29, 1.82) is 0 Å². The smallest absolute Gasteiger partial charge is 0.388 e. The highest BCUT2D eigenvalue weighted by Gasteiger charge is 2.43. The summed E-state index contributed by atoms with van der Waals surface area (Å²) in [5.41, 5.74) is 5.06. The molecule has 2 aliphatic heterocycles. The van der Waals surface area contributed by atoms with E-state index in [0.29, 0.717) is 13.1 Å². The second-order valence-corrected chi connectivity index (χ2v) is 9.62. The van der Waals surface area contributed by atoms with Crippen LogP contribution in [0.3, 0.4) is 0 Å². The van der Waals surface area contributed by atoms with E-state index in [-0.39, 0.29) is 11.0 Å². The van der Waals surface area contributed by atoms with Gasteiger partial charge < -0.3 is 9.68 Å². The Morgan fingerprint density at radius 1 is 1.06 bits per heavy atom. The van der Waals surface area contributed by atoms with Crippen LogP contribution in [0.25, 0.3) is 0 Å². The summed E-state index contributed by atoms with van der Waals surface area (Å²) in [4.78, 5) is 23.7. The highest BCUT2D eigenvalue weighted by molar-refractivity contribution is 6.01. The lowest BCUT2D eigenvalue weighted by Crippen LogP contribution is -2.45. The zero-order valence-corrected chi connectivity index (χ0v) is 18.8. The van der Waals surface area contributed by atoms with Crippen molar-refractivity contribution < 1.29 is 14.5 Å². The normalized spacial score (nSPS) is 18.4. The maximum atomic E-state index is 12.3. The van der Waals surface area contributed by atoms with Crippen LogP contribution in [-0.4, -0.2) is 35.6 Å². The van der Waals surface area contributed by atoms with Gasteiger partial charge in [-0.25, -0.2) is 4.79 Å². The number of anilines is 1. The van der Waals surface area contributed by atoms with Crippen LogP contribution in [-0.2, 0) is 15.1 Å². The van der Waals surface area contributed by atoms with Gasteiger partial charge in [0.15, 0.2) is 0 Å². The standard InChI is InChI=1S/C25H31N3O3/c1-18-5-7-19(8-6-18)22-17-25(31-27-22)13-15-28(16-14-25)30-23(29)26-21-11-9-20(10-12-21)24(2,3)4/h5-12H,13-17H2,1-4H3,(H,26,29). The number of hydroxylamine groups is 2. The molecule has 2 heterocycles. The summed E-state index contributed by atoms with van der Waals surface area (Å²) in [6.45, 7) is 9.80. The van der Waals surface area contributed by atoms with Gasteiger partial charge in [-0.15, -0.1) is 5.06 Å². The molecule has 0 bridgehead atoms. The van der Waals surface area contributed by atoms with E-state index in [2.05, 4.69) is 62.4 Å². The topological polar surface area (TPSA) is 63.2 Å². The molecule has 2 aliphatic rings. The van der Waals surface area contributed by atoms with Crippen molar-refractivity contribution in [3.05, 3.63) is 65.2 Å². The van der Waals surface area contributed by atoms with Gasteiger partial charge in [0.05, 0.1) is 5.71 Å². The van der Waals surface area contributed by atoms with E-state index in [1.165, 1.54) is 11.1 Å². The number of amides is 1. The Morgan fingerprint density at radius 3 is 2.32 bits per heavy atom. The van der Waals surface area contributed by atoms with Crippen LogP contribution in [0.2, 0.25) is 0 Å². The highest BCUT2D eigenvalue weighted by atomic mass is 16.7. The van der Waals surface area contributed by atoms with Crippen LogP contribution in [0.5, 0.6) is 0 Å². The van der Waals surface area contributed by atoms with Crippen LogP contribution >= 0.6 is 0 Å². The highest BCUT2D eigenvalue weighted by Crippen LogP contribution is 2.36. The van der Waals surface area contributed by atoms with Crippen LogP contribution in [0.4, 0.5) is 10.5 Å². The summed E-state index contributed by atoms with van der Waals surface area (Å²) in [6.07, 6.45) is 1.85. The number of aryl methyl sites for hydroxylation is 1. The summed E-state index contributed by atoms with van der Waals surface area (Å²) in [6, 6.07) is 16.2. The molecule has 1 amide bonds. The number of carbonyl (C=O) groups excluding carboxylic acids is 1. The number of hydrogen-bond acceptors (Lipinski definition) is 5. The summed E-state index contributed by atoms with van der Waals surface area (Å²) in [5, 5.41) is 8.87. The Balaban J connectivity index is 1.26. The Kier molecular flexibility index (Phi) is 5.75. The lowest BCUT2D eigenvalue weighted by molar-refractivity contribution is -0.154. The van der Waals surface area contributed by atoms with Crippen molar-refractivity contribution in [3.8, 4) is 0 Å². The molecular formula is C25H31N3O3. The lowest BCUT2D eigenvalue weighted by Gasteiger charge is -2.35. The van der Waals surface area contributed by atoms with E-state index in [1.807, 2.05) is 24.3 Å². The van der Waals surface area contributed by atoms with Gasteiger partial charge in [0.1, 0.15) is 5.60 Å². The minimum atomic E-state index is -0.469. The molecule has 1 saturated heterocycles. The lowest BCUT2D eigenvalue weighted by atomic mass is 9.86. The molecule has 0 atom stereocenters. The van der Waals surface area contributed by atoms with Gasteiger partial charge in [0, 0.05) is 38.0 Å². The number of piperidine rings is 1. The van der Waals surface area contributed by atoms with E-state index < -0.39 is 6.09 Å². The van der Waals surface area contributed by atoms with Gasteiger partial charge >= 0.3 is 6.09 Å². The van der Waals surface area contributed by atoms with E-state index in [1.54, 1.807) is 5.06 Å². The number of rotatable bonds is 3. The SMILES string of the molecule is Cc1ccc(C2=NOC3(CCN(OC(=O)Nc4ccc(C(C)(C)C)cc4)CC3)C2)cc1. The molecule has 6 nitrogen and oxygen atoms in total. The Labute approximate surface area is 184 Å². The Bertz CT molecular complexity index is 951. The molecule has 0 saturated carbocycles. The number of oxime groups is 1. The molecule has 6 heteroatoms. The number of nitrogens with zero attached hydrogens (tertiary/aromatic N) is 2. The average Bonchev–Trinajstić information content (AvgIpc) is 3.14. The zero-order chi connectivity index (χ0) is 22.1. The van der Waals surface area contributed by atoms with Crippen LogP contribution in [0.1, 0.15) is 56.7 Å². The average molecular weight is 422 g/mol. The van der Waals surface area contributed by atoms with Crippen molar-refractivity contribution in [1.82, 2.24) is 5.06 Å². The fourth-order valence-electron chi connectivity index (χ4n) is 3.99. The molecule has 1 N–H and O–H groups in total. The maximum absolute atomic E-state index is 12.3. The number of hydrogen-bond donors (Lipinski definition) is 1. The summed E-state index contributed by atoms with van der Waals surface area (Å²) in [5.74, 6) is 0. The minimum absolute atomic E-state index is 0.0775. The fourth-order valence-corrected chi connectivity index (χ4v) is 3.99. The summed E-state index contributed by atoms with van der Waals surface area (Å²) in [7, 11) is 0. The van der Waals surface area contributed by atoms with E-state index in [9.17, 15) is 4.79 Å². The molecule has 4 rings (SSSR count). The van der Waals surface area contributed by atoms with Crippen molar-refractivity contribution in [3.63, 3.8) is 0 Å². The van der Waals surface area contributed by atoms with Gasteiger partial charge in [-0.3, -0.25) is 5.32 Å². The molecule has 1 fully saturated rings. The molecule has 31 heavy (non-hydrogen) atoms. The largest absolute Gasteiger partial charge is 0.430 e. The molecule has 2 aromatic carbocycles.